The van der Waals surface area contributed by atoms with E-state index in [1.165, 1.54) is 4.68 Å². The molecule has 166 valence electrons. The van der Waals surface area contributed by atoms with Crippen molar-refractivity contribution in [2.45, 2.75) is 13.8 Å². The van der Waals surface area contributed by atoms with Gasteiger partial charge in [-0.15, -0.1) is 5.10 Å². The molecule has 0 aliphatic rings. The molecule has 2 aromatic carbocycles. The van der Waals surface area contributed by atoms with Crippen LogP contribution in [-0.2, 0) is 14.3 Å². The summed E-state index contributed by atoms with van der Waals surface area (Å²) in [5.41, 5.74) is 3.87. The molecule has 3 aromatic rings. The number of halogens is 2. The Hall–Kier alpha value is -3.05. The van der Waals surface area contributed by atoms with Crippen molar-refractivity contribution in [2.24, 2.45) is 5.10 Å². The van der Waals surface area contributed by atoms with Crippen molar-refractivity contribution in [1.82, 2.24) is 14.8 Å². The van der Waals surface area contributed by atoms with Gasteiger partial charge in [0, 0.05) is 8.95 Å². The zero-order chi connectivity index (χ0) is 23.1. The molecule has 0 radical (unpaired) electrons. The number of benzene rings is 2. The number of nitrogens with zero attached hydrogens (tertiary/aromatic N) is 4. The summed E-state index contributed by atoms with van der Waals surface area (Å²) in [4.78, 5) is 29.3. The Morgan fingerprint density at radius 3 is 2.16 bits per heavy atom. The van der Waals surface area contributed by atoms with E-state index in [2.05, 4.69) is 52.5 Å². The van der Waals surface area contributed by atoms with Crippen molar-refractivity contribution in [2.75, 3.05) is 18.6 Å². The number of hydrazone groups is 1. The van der Waals surface area contributed by atoms with E-state index in [0.29, 0.717) is 11.4 Å². The number of nitrogens with one attached hydrogen (secondary N) is 1. The van der Waals surface area contributed by atoms with Gasteiger partial charge in [-0.3, -0.25) is 5.43 Å². The number of esters is 2. The smallest absolute Gasteiger partial charge is 0.378 e. The first kappa shape index (κ1) is 23.6. The molecule has 1 aromatic heterocycles. The number of hydrogen-bond donors (Lipinski definition) is 1. The second-order valence-electron chi connectivity index (χ2n) is 6.17. The maximum atomic E-state index is 12.8. The second-order valence-corrected chi connectivity index (χ2v) is 8.00. The molecule has 0 unspecified atom stereocenters. The van der Waals surface area contributed by atoms with Crippen LogP contribution in [0.15, 0.2) is 62.6 Å². The van der Waals surface area contributed by atoms with Crippen LogP contribution in [0, 0.1) is 0 Å². The fraction of sp³-hybridized carbons (Fsp3) is 0.190. The van der Waals surface area contributed by atoms with Gasteiger partial charge in [0.2, 0.25) is 5.71 Å². The number of aromatic nitrogens is 3. The van der Waals surface area contributed by atoms with Crippen molar-refractivity contribution in [3.63, 3.8) is 0 Å². The minimum atomic E-state index is -0.724. The van der Waals surface area contributed by atoms with Gasteiger partial charge in [-0.1, -0.05) is 31.9 Å². The highest BCUT2D eigenvalue weighted by Gasteiger charge is 2.27. The van der Waals surface area contributed by atoms with Crippen LogP contribution in [0.2, 0.25) is 0 Å². The lowest BCUT2D eigenvalue weighted by atomic mass is 10.3. The molecular formula is C21H19Br2N5O4. The number of rotatable bonds is 8. The van der Waals surface area contributed by atoms with Gasteiger partial charge in [-0.05, 0) is 62.4 Å². The number of hydrogen-bond acceptors (Lipinski definition) is 8. The normalized spacial score (nSPS) is 11.2. The van der Waals surface area contributed by atoms with E-state index in [9.17, 15) is 9.59 Å². The fourth-order valence-corrected chi connectivity index (χ4v) is 3.07. The minimum absolute atomic E-state index is 0.0263. The van der Waals surface area contributed by atoms with Crippen molar-refractivity contribution >= 4 is 55.2 Å². The third-order valence-electron chi connectivity index (χ3n) is 3.96. The van der Waals surface area contributed by atoms with Crippen LogP contribution in [0.1, 0.15) is 30.3 Å². The molecule has 9 nitrogen and oxygen atoms in total. The van der Waals surface area contributed by atoms with Gasteiger partial charge in [-0.25, -0.2) is 14.3 Å². The maximum Gasteiger partial charge on any atom is 0.378 e. The van der Waals surface area contributed by atoms with Crippen LogP contribution in [0.5, 0.6) is 0 Å². The van der Waals surface area contributed by atoms with Gasteiger partial charge in [-0.2, -0.15) is 10.1 Å². The van der Waals surface area contributed by atoms with Gasteiger partial charge < -0.3 is 9.47 Å². The van der Waals surface area contributed by atoms with E-state index in [0.717, 1.165) is 8.95 Å². The topological polar surface area (TPSA) is 108 Å². The first-order chi connectivity index (χ1) is 15.4. The highest BCUT2D eigenvalue weighted by atomic mass is 79.9. The molecule has 11 heteroatoms. The molecule has 0 spiro atoms. The SMILES string of the molecule is CCOC(=O)/C(=N\Nc1ccc(Br)cc1)c1nc(C(=O)OCC)nn1-c1ccc(Br)cc1. The molecule has 3 rings (SSSR count). The summed E-state index contributed by atoms with van der Waals surface area (Å²) in [6.45, 7) is 3.65. The van der Waals surface area contributed by atoms with E-state index in [1.807, 2.05) is 12.1 Å². The standard InChI is InChI=1S/C21H19Br2N5O4/c1-3-31-20(29)17(26-25-15-9-5-13(22)6-10-15)19-24-18(21(30)32-4-2)27-28(19)16-11-7-14(23)8-12-16/h5-12,25H,3-4H2,1-2H3/b26-17-. The summed E-state index contributed by atoms with van der Waals surface area (Å²) >= 11 is 6.75. The number of ether oxygens (including phenoxy) is 2. The molecule has 0 atom stereocenters. The lowest BCUT2D eigenvalue weighted by Gasteiger charge is -2.09. The quantitative estimate of drug-likeness (QED) is 0.246. The van der Waals surface area contributed by atoms with Gasteiger partial charge in [0.05, 0.1) is 24.6 Å². The lowest BCUT2D eigenvalue weighted by Crippen LogP contribution is -2.24. The van der Waals surface area contributed by atoms with Crippen LogP contribution >= 0.6 is 31.9 Å². The summed E-state index contributed by atoms with van der Waals surface area (Å²) in [7, 11) is 0. The Bertz CT molecular complexity index is 1130. The number of anilines is 1. The first-order valence-corrected chi connectivity index (χ1v) is 11.2. The van der Waals surface area contributed by atoms with Gasteiger partial charge in [0.1, 0.15) is 0 Å². The van der Waals surface area contributed by atoms with Crippen LogP contribution in [-0.4, -0.2) is 45.6 Å². The lowest BCUT2D eigenvalue weighted by molar-refractivity contribution is -0.135. The summed E-state index contributed by atoms with van der Waals surface area (Å²) in [5, 5.41) is 8.48. The molecule has 0 bridgehead atoms. The van der Waals surface area contributed by atoms with Crippen molar-refractivity contribution < 1.29 is 19.1 Å². The van der Waals surface area contributed by atoms with E-state index >= 15 is 0 Å². The Morgan fingerprint density at radius 2 is 1.56 bits per heavy atom. The van der Waals surface area contributed by atoms with Gasteiger partial charge in [0.15, 0.2) is 5.82 Å². The van der Waals surface area contributed by atoms with E-state index in [1.54, 1.807) is 50.2 Å². The fourth-order valence-electron chi connectivity index (χ4n) is 2.54. The van der Waals surface area contributed by atoms with Crippen LogP contribution < -0.4 is 5.43 Å². The van der Waals surface area contributed by atoms with E-state index < -0.39 is 11.9 Å². The van der Waals surface area contributed by atoms with Gasteiger partial charge >= 0.3 is 11.9 Å². The molecule has 0 saturated carbocycles. The highest BCUT2D eigenvalue weighted by Crippen LogP contribution is 2.18. The third kappa shape index (κ3) is 5.80. The predicted molar refractivity (Wildman–Crippen MR) is 126 cm³/mol. The predicted octanol–water partition coefficient (Wildman–Crippen LogP) is 4.35. The average molecular weight is 565 g/mol. The Labute approximate surface area is 201 Å². The number of carbonyl (C=O) groups is 2. The Balaban J connectivity index is 2.11. The van der Waals surface area contributed by atoms with E-state index in [-0.39, 0.29) is 30.6 Å². The minimum Gasteiger partial charge on any atom is -0.461 e. The summed E-state index contributed by atoms with van der Waals surface area (Å²) < 4.78 is 13.3. The molecule has 0 aliphatic heterocycles. The van der Waals surface area contributed by atoms with Crippen LogP contribution in [0.4, 0.5) is 5.69 Å². The molecule has 32 heavy (non-hydrogen) atoms. The average Bonchev–Trinajstić information content (AvgIpc) is 3.21. The summed E-state index contributed by atoms with van der Waals surface area (Å²) in [5.74, 6) is -1.61. The maximum absolute atomic E-state index is 12.8. The van der Waals surface area contributed by atoms with Crippen molar-refractivity contribution in [1.29, 1.82) is 0 Å². The molecule has 1 N–H and O–H groups in total. The van der Waals surface area contributed by atoms with Crippen molar-refractivity contribution in [3.8, 4) is 5.69 Å². The molecule has 0 saturated heterocycles. The molecular weight excluding hydrogens is 546 g/mol. The molecule has 0 aliphatic carbocycles. The molecule has 0 amide bonds. The van der Waals surface area contributed by atoms with E-state index in [4.69, 9.17) is 9.47 Å². The zero-order valence-electron chi connectivity index (χ0n) is 17.2. The zero-order valence-corrected chi connectivity index (χ0v) is 20.4. The van der Waals surface area contributed by atoms with Crippen LogP contribution in [0.25, 0.3) is 5.69 Å². The molecule has 1 heterocycles. The Kier molecular flexibility index (Phi) is 8.12. The summed E-state index contributed by atoms with van der Waals surface area (Å²) in [6.07, 6.45) is 0. The van der Waals surface area contributed by atoms with Gasteiger partial charge in [0.25, 0.3) is 5.82 Å². The highest BCUT2D eigenvalue weighted by molar-refractivity contribution is 9.10. The number of carbonyl (C=O) groups excluding carboxylic acids is 2. The van der Waals surface area contributed by atoms with Crippen LogP contribution in [0.3, 0.4) is 0 Å². The van der Waals surface area contributed by atoms with Crippen molar-refractivity contribution in [3.05, 3.63) is 69.1 Å². The Morgan fingerprint density at radius 1 is 0.969 bits per heavy atom. The monoisotopic (exact) mass is 563 g/mol. The largest absolute Gasteiger partial charge is 0.461 e. The second kappa shape index (κ2) is 11.0. The molecule has 0 fully saturated rings. The first-order valence-electron chi connectivity index (χ1n) is 9.59. The third-order valence-corrected chi connectivity index (χ3v) is 5.02. The summed E-state index contributed by atoms with van der Waals surface area (Å²) in [6, 6.07) is 14.3.